The van der Waals surface area contributed by atoms with Crippen LogP contribution in [0, 0.1) is 6.92 Å². The van der Waals surface area contributed by atoms with Crippen LogP contribution in [0.5, 0.6) is 11.5 Å². The van der Waals surface area contributed by atoms with Gasteiger partial charge >= 0.3 is 0 Å². The molecule has 1 aliphatic heterocycles. The normalized spacial score (nSPS) is 12.5. The molecule has 0 unspecified atom stereocenters. The highest BCUT2D eigenvalue weighted by Crippen LogP contribution is 2.34. The van der Waals surface area contributed by atoms with Crippen molar-refractivity contribution in [2.75, 3.05) is 12.1 Å². The third-order valence-electron chi connectivity index (χ3n) is 4.67. The monoisotopic (exact) mass is 391 g/mol. The molecule has 2 aromatic heterocycles. The highest BCUT2D eigenvalue weighted by molar-refractivity contribution is 7.16. The molecule has 140 valence electrons. The molecule has 3 heterocycles. The summed E-state index contributed by atoms with van der Waals surface area (Å²) in [5, 5.41) is 4.65. The second-order valence-corrected chi connectivity index (χ2v) is 7.82. The first-order valence-corrected chi connectivity index (χ1v) is 9.71. The number of H-pyrrole nitrogens is 1. The minimum absolute atomic E-state index is 0.111. The predicted molar refractivity (Wildman–Crippen MR) is 109 cm³/mol. The molecular weight excluding hydrogens is 374 g/mol. The van der Waals surface area contributed by atoms with E-state index in [1.54, 1.807) is 0 Å². The Labute approximate surface area is 165 Å². The number of rotatable bonds is 4. The lowest BCUT2D eigenvalue weighted by atomic mass is 10.1. The molecule has 0 bridgehead atoms. The largest absolute Gasteiger partial charge is 0.454 e. The molecule has 2 N–H and O–H groups in total. The number of fused-ring (bicyclic) bond motifs is 2. The molecule has 0 saturated carbocycles. The van der Waals surface area contributed by atoms with Crippen molar-refractivity contribution in [3.63, 3.8) is 0 Å². The molecule has 0 fully saturated rings. The van der Waals surface area contributed by atoms with E-state index in [4.69, 9.17) is 9.47 Å². The van der Waals surface area contributed by atoms with Gasteiger partial charge < -0.3 is 19.8 Å². The molecular formula is C21H17N3O3S. The molecule has 0 atom stereocenters. The van der Waals surface area contributed by atoms with Crippen LogP contribution < -0.4 is 14.8 Å². The Morgan fingerprint density at radius 1 is 1.18 bits per heavy atom. The number of amides is 1. The number of aromatic nitrogens is 2. The van der Waals surface area contributed by atoms with Crippen LogP contribution in [0.3, 0.4) is 0 Å². The number of aromatic amines is 1. The van der Waals surface area contributed by atoms with E-state index in [9.17, 15) is 4.79 Å². The Morgan fingerprint density at radius 3 is 3.00 bits per heavy atom. The molecule has 28 heavy (non-hydrogen) atoms. The quantitative estimate of drug-likeness (QED) is 0.537. The second kappa shape index (κ2) is 6.69. The Kier molecular flexibility index (Phi) is 4.02. The Balaban J connectivity index is 1.33. The topological polar surface area (TPSA) is 76.2 Å². The van der Waals surface area contributed by atoms with Crippen LogP contribution in [0.4, 0.5) is 5.13 Å². The Bertz CT molecular complexity index is 1190. The molecule has 1 aliphatic rings. The first kappa shape index (κ1) is 16.8. The summed E-state index contributed by atoms with van der Waals surface area (Å²) >= 11 is 1.48. The van der Waals surface area contributed by atoms with Crippen LogP contribution >= 0.6 is 11.3 Å². The van der Waals surface area contributed by atoms with E-state index in [0.717, 1.165) is 32.6 Å². The van der Waals surface area contributed by atoms with Crippen LogP contribution in [0.2, 0.25) is 0 Å². The molecule has 0 saturated heterocycles. The predicted octanol–water partition coefficient (Wildman–Crippen LogP) is 4.51. The zero-order chi connectivity index (χ0) is 19.1. The van der Waals surface area contributed by atoms with Crippen LogP contribution in [-0.2, 0) is 11.2 Å². The SMILES string of the molecule is Cc1sc(NC(=O)Cc2ccc3c(c2)OCO3)nc1-c1ccc2[nH]ccc2c1. The number of anilines is 1. The van der Waals surface area contributed by atoms with E-state index in [1.165, 1.54) is 11.3 Å². The van der Waals surface area contributed by atoms with Crippen LogP contribution in [0.15, 0.2) is 48.7 Å². The van der Waals surface area contributed by atoms with Crippen molar-refractivity contribution in [2.45, 2.75) is 13.3 Å². The van der Waals surface area contributed by atoms with Gasteiger partial charge in [-0.3, -0.25) is 4.79 Å². The lowest BCUT2D eigenvalue weighted by Gasteiger charge is -2.03. The van der Waals surface area contributed by atoms with E-state index in [1.807, 2.05) is 49.5 Å². The summed E-state index contributed by atoms with van der Waals surface area (Å²) in [6.45, 7) is 2.24. The highest BCUT2D eigenvalue weighted by Gasteiger charge is 2.16. The Hall–Kier alpha value is -3.32. The van der Waals surface area contributed by atoms with Gasteiger partial charge in [-0.05, 0) is 42.8 Å². The van der Waals surface area contributed by atoms with Crippen molar-refractivity contribution in [1.29, 1.82) is 0 Å². The van der Waals surface area contributed by atoms with E-state index < -0.39 is 0 Å². The van der Waals surface area contributed by atoms with Crippen molar-refractivity contribution >= 4 is 33.3 Å². The molecule has 5 rings (SSSR count). The minimum atomic E-state index is -0.111. The standard InChI is InChI=1S/C21H17N3O3S/c1-12-20(15-3-4-16-14(10-15)6-7-22-16)24-21(28-12)23-19(25)9-13-2-5-17-18(8-13)27-11-26-17/h2-8,10,22H,9,11H2,1H3,(H,23,24,25). The lowest BCUT2D eigenvalue weighted by molar-refractivity contribution is -0.115. The molecule has 1 amide bonds. The van der Waals surface area contributed by atoms with Crippen LogP contribution in [-0.4, -0.2) is 22.7 Å². The van der Waals surface area contributed by atoms with Gasteiger partial charge in [0.25, 0.3) is 0 Å². The third-order valence-corrected chi connectivity index (χ3v) is 5.56. The number of nitrogens with one attached hydrogen (secondary N) is 2. The fourth-order valence-electron chi connectivity index (χ4n) is 3.32. The molecule has 0 spiro atoms. The number of hydrogen-bond acceptors (Lipinski definition) is 5. The average Bonchev–Trinajstić information content (AvgIpc) is 3.40. The molecule has 7 heteroatoms. The summed E-state index contributed by atoms with van der Waals surface area (Å²) in [6, 6.07) is 13.8. The average molecular weight is 391 g/mol. The summed E-state index contributed by atoms with van der Waals surface area (Å²) in [6.07, 6.45) is 2.17. The summed E-state index contributed by atoms with van der Waals surface area (Å²) in [5.74, 6) is 1.28. The maximum atomic E-state index is 12.5. The van der Waals surface area contributed by atoms with E-state index >= 15 is 0 Å². The van der Waals surface area contributed by atoms with E-state index in [0.29, 0.717) is 16.6 Å². The number of hydrogen-bond donors (Lipinski definition) is 2. The minimum Gasteiger partial charge on any atom is -0.454 e. The zero-order valence-electron chi connectivity index (χ0n) is 15.1. The van der Waals surface area contributed by atoms with Gasteiger partial charge in [0, 0.05) is 27.5 Å². The zero-order valence-corrected chi connectivity index (χ0v) is 15.9. The summed E-state index contributed by atoms with van der Waals surface area (Å²) in [5.41, 5.74) is 3.89. The molecule has 6 nitrogen and oxygen atoms in total. The number of carbonyl (C=O) groups is 1. The maximum absolute atomic E-state index is 12.5. The number of thiazole rings is 1. The third kappa shape index (κ3) is 3.10. The second-order valence-electron chi connectivity index (χ2n) is 6.62. The molecule has 2 aromatic carbocycles. The fraction of sp³-hybridized carbons (Fsp3) is 0.143. The summed E-state index contributed by atoms with van der Waals surface area (Å²) in [4.78, 5) is 21.4. The van der Waals surface area contributed by atoms with Crippen molar-refractivity contribution in [1.82, 2.24) is 9.97 Å². The van der Waals surface area contributed by atoms with Crippen molar-refractivity contribution in [3.8, 4) is 22.8 Å². The summed E-state index contributed by atoms with van der Waals surface area (Å²) in [7, 11) is 0. The molecule has 4 aromatic rings. The van der Waals surface area contributed by atoms with Gasteiger partial charge in [-0.25, -0.2) is 4.98 Å². The van der Waals surface area contributed by atoms with Crippen molar-refractivity contribution in [2.24, 2.45) is 0 Å². The van der Waals surface area contributed by atoms with Crippen molar-refractivity contribution in [3.05, 3.63) is 59.1 Å². The number of carbonyl (C=O) groups excluding carboxylic acids is 1. The van der Waals surface area contributed by atoms with E-state index in [2.05, 4.69) is 21.4 Å². The van der Waals surface area contributed by atoms with Crippen LogP contribution in [0.1, 0.15) is 10.4 Å². The smallest absolute Gasteiger partial charge is 0.231 e. The van der Waals surface area contributed by atoms with Crippen molar-refractivity contribution < 1.29 is 14.3 Å². The molecule has 0 radical (unpaired) electrons. The Morgan fingerprint density at radius 2 is 2.07 bits per heavy atom. The summed E-state index contributed by atoms with van der Waals surface area (Å²) < 4.78 is 10.7. The highest BCUT2D eigenvalue weighted by atomic mass is 32.1. The van der Waals surface area contributed by atoms with E-state index in [-0.39, 0.29) is 19.1 Å². The lowest BCUT2D eigenvalue weighted by Crippen LogP contribution is -2.14. The first-order chi connectivity index (χ1) is 13.7. The van der Waals surface area contributed by atoms with Gasteiger partial charge in [0.2, 0.25) is 12.7 Å². The first-order valence-electron chi connectivity index (χ1n) is 8.89. The van der Waals surface area contributed by atoms with Gasteiger partial charge in [-0.2, -0.15) is 0 Å². The van der Waals surface area contributed by atoms with Gasteiger partial charge in [-0.1, -0.05) is 12.1 Å². The van der Waals surface area contributed by atoms with Gasteiger partial charge in [-0.15, -0.1) is 11.3 Å². The van der Waals surface area contributed by atoms with Crippen LogP contribution in [0.25, 0.3) is 22.2 Å². The molecule has 0 aliphatic carbocycles. The van der Waals surface area contributed by atoms with Gasteiger partial charge in [0.1, 0.15) is 0 Å². The fourth-order valence-corrected chi connectivity index (χ4v) is 4.17. The van der Waals surface area contributed by atoms with Gasteiger partial charge in [0.15, 0.2) is 16.6 Å². The van der Waals surface area contributed by atoms with Gasteiger partial charge in [0.05, 0.1) is 12.1 Å². The number of ether oxygens (including phenoxy) is 2. The number of aryl methyl sites for hydroxylation is 1. The number of nitrogens with zero attached hydrogens (tertiary/aromatic N) is 1. The number of benzene rings is 2. The maximum Gasteiger partial charge on any atom is 0.231 e.